The third kappa shape index (κ3) is 4.65. The number of thioether (sulfide) groups is 1. The smallest absolute Gasteiger partial charge is 0.279 e. The number of carbonyl (C=O) groups is 2. The Morgan fingerprint density at radius 3 is 2.52 bits per heavy atom. The van der Waals surface area contributed by atoms with E-state index >= 15 is 0 Å². The molecule has 0 atom stereocenters. The van der Waals surface area contributed by atoms with E-state index in [9.17, 15) is 9.59 Å². The molecule has 2 amide bonds. The minimum absolute atomic E-state index is 0.179. The number of hydrogen-bond donors (Lipinski definition) is 1. The summed E-state index contributed by atoms with van der Waals surface area (Å²) in [7, 11) is 1.47. The van der Waals surface area contributed by atoms with Gasteiger partial charge in [0, 0.05) is 21.2 Å². The summed E-state index contributed by atoms with van der Waals surface area (Å²) in [4.78, 5) is 28.7. The highest BCUT2D eigenvalue weighted by molar-refractivity contribution is 8.18. The first kappa shape index (κ1) is 19.8. The van der Waals surface area contributed by atoms with Gasteiger partial charge in [0.2, 0.25) is 0 Å². The fraction of sp³-hybridized carbons (Fsp3) is 0.0556. The normalized spacial score (nSPS) is 16.7. The van der Waals surface area contributed by atoms with Gasteiger partial charge in [0.05, 0.1) is 17.0 Å². The Kier molecular flexibility index (Phi) is 6.11. The van der Waals surface area contributed by atoms with Crippen LogP contribution in [-0.2, 0) is 4.79 Å². The number of ether oxygens (including phenoxy) is 1. The molecule has 2 aromatic carbocycles. The van der Waals surface area contributed by atoms with Crippen molar-refractivity contribution in [1.82, 2.24) is 5.32 Å². The third-order valence-electron chi connectivity index (χ3n) is 3.47. The summed E-state index contributed by atoms with van der Waals surface area (Å²) in [6.45, 7) is 0. The van der Waals surface area contributed by atoms with E-state index in [2.05, 4.69) is 10.3 Å². The lowest BCUT2D eigenvalue weighted by molar-refractivity contribution is -0.115. The van der Waals surface area contributed by atoms with Crippen LogP contribution in [0.3, 0.4) is 0 Å². The highest BCUT2D eigenvalue weighted by Crippen LogP contribution is 2.36. The Morgan fingerprint density at radius 2 is 1.85 bits per heavy atom. The van der Waals surface area contributed by atoms with E-state index < -0.39 is 5.91 Å². The van der Waals surface area contributed by atoms with E-state index in [1.54, 1.807) is 42.5 Å². The van der Waals surface area contributed by atoms with Crippen molar-refractivity contribution in [3.8, 4) is 5.75 Å². The molecule has 5 nitrogen and oxygen atoms in total. The van der Waals surface area contributed by atoms with Gasteiger partial charge in [-0.15, -0.1) is 0 Å². The summed E-state index contributed by atoms with van der Waals surface area (Å²) in [5.74, 6) is -0.482. The predicted octanol–water partition coefficient (Wildman–Crippen LogP) is 5.06. The van der Waals surface area contributed by atoms with Gasteiger partial charge < -0.3 is 10.1 Å². The zero-order chi connectivity index (χ0) is 19.6. The molecule has 2 aromatic rings. The first-order chi connectivity index (χ1) is 12.9. The maximum atomic E-state index is 12.2. The van der Waals surface area contributed by atoms with E-state index in [1.165, 1.54) is 7.11 Å². The van der Waals surface area contributed by atoms with Gasteiger partial charge in [-0.2, -0.15) is 4.99 Å². The fourth-order valence-electron chi connectivity index (χ4n) is 2.27. The summed E-state index contributed by atoms with van der Waals surface area (Å²) in [6, 6.07) is 9.48. The van der Waals surface area contributed by atoms with Gasteiger partial charge in [0.25, 0.3) is 11.8 Å². The summed E-state index contributed by atoms with van der Waals surface area (Å²) >= 11 is 19.0. The van der Waals surface area contributed by atoms with Crippen LogP contribution in [0.2, 0.25) is 15.1 Å². The molecule has 3 rings (SSSR count). The molecule has 0 bridgehead atoms. The van der Waals surface area contributed by atoms with Gasteiger partial charge in [-0.25, -0.2) is 0 Å². The minimum Gasteiger partial charge on any atom is -0.495 e. The van der Waals surface area contributed by atoms with Gasteiger partial charge in [0.15, 0.2) is 5.17 Å². The second kappa shape index (κ2) is 8.35. The molecule has 1 fully saturated rings. The zero-order valence-corrected chi connectivity index (χ0v) is 16.8. The molecule has 0 radical (unpaired) electrons. The molecule has 1 aliphatic heterocycles. The van der Waals surface area contributed by atoms with Crippen LogP contribution in [0.4, 0.5) is 0 Å². The molecule has 9 heteroatoms. The lowest BCUT2D eigenvalue weighted by Crippen LogP contribution is -2.20. The summed E-state index contributed by atoms with van der Waals surface area (Å²) in [5, 5.41) is 3.98. The average Bonchev–Trinajstić information content (AvgIpc) is 2.94. The second-order valence-corrected chi connectivity index (χ2v) is 7.61. The molecule has 0 aromatic heterocycles. The predicted molar refractivity (Wildman–Crippen MR) is 110 cm³/mol. The highest BCUT2D eigenvalue weighted by atomic mass is 35.5. The maximum absolute atomic E-state index is 12.2. The van der Waals surface area contributed by atoms with Crippen LogP contribution in [0, 0.1) is 0 Å². The Balaban J connectivity index is 1.86. The molecule has 0 saturated carbocycles. The molecule has 0 spiro atoms. The van der Waals surface area contributed by atoms with E-state index in [0.29, 0.717) is 36.8 Å². The van der Waals surface area contributed by atoms with Crippen LogP contribution < -0.4 is 10.1 Å². The topological polar surface area (TPSA) is 67.8 Å². The number of rotatable bonds is 3. The lowest BCUT2D eigenvalue weighted by atomic mass is 10.2. The molecule has 1 N–H and O–H groups in total. The Morgan fingerprint density at radius 1 is 1.15 bits per heavy atom. The number of amides is 2. The van der Waals surface area contributed by atoms with Crippen LogP contribution in [0.25, 0.3) is 6.08 Å². The monoisotopic (exact) mass is 440 g/mol. The summed E-state index contributed by atoms with van der Waals surface area (Å²) in [6.07, 6.45) is 1.58. The highest BCUT2D eigenvalue weighted by Gasteiger charge is 2.25. The molecular weight excluding hydrogens is 431 g/mol. The number of nitrogens with zero attached hydrogens (tertiary/aromatic N) is 1. The molecular formula is C18H11Cl3N2O3S. The maximum Gasteiger partial charge on any atom is 0.279 e. The standard InChI is InChI=1S/C18H11Cl3N2O3S/c1-26-15-10(6-12(20)8-13(15)21)7-14-17(25)23-18(27-14)22-16(24)9-2-4-11(19)5-3-9/h2-8H,1H3,(H,22,23,24,25)/b14-7-. The Labute approximate surface area is 174 Å². The van der Waals surface area contributed by atoms with Gasteiger partial charge in [-0.3, -0.25) is 9.59 Å². The van der Waals surface area contributed by atoms with E-state index in [-0.39, 0.29) is 11.1 Å². The number of carbonyl (C=O) groups excluding carboxylic acids is 2. The van der Waals surface area contributed by atoms with E-state index in [1.807, 2.05) is 0 Å². The number of amidine groups is 1. The van der Waals surface area contributed by atoms with Crippen molar-refractivity contribution < 1.29 is 14.3 Å². The molecule has 0 aliphatic carbocycles. The van der Waals surface area contributed by atoms with E-state index in [4.69, 9.17) is 39.5 Å². The van der Waals surface area contributed by atoms with E-state index in [0.717, 1.165) is 11.8 Å². The fourth-order valence-corrected chi connectivity index (χ4v) is 3.80. The van der Waals surface area contributed by atoms with Crippen LogP contribution in [0.5, 0.6) is 5.75 Å². The number of halogens is 3. The first-order valence-electron chi connectivity index (χ1n) is 7.50. The molecule has 1 saturated heterocycles. The van der Waals surface area contributed by atoms with Crippen molar-refractivity contribution in [3.63, 3.8) is 0 Å². The molecule has 1 heterocycles. The minimum atomic E-state index is -0.487. The van der Waals surface area contributed by atoms with Crippen LogP contribution in [0.15, 0.2) is 46.3 Å². The van der Waals surface area contributed by atoms with Gasteiger partial charge >= 0.3 is 0 Å². The number of aliphatic imine (C=N–C) groups is 1. The number of nitrogens with one attached hydrogen (secondary N) is 1. The summed E-state index contributed by atoms with van der Waals surface area (Å²) in [5.41, 5.74) is 0.903. The van der Waals surface area contributed by atoms with Crippen LogP contribution in [0.1, 0.15) is 15.9 Å². The molecule has 27 heavy (non-hydrogen) atoms. The van der Waals surface area contributed by atoms with Crippen molar-refractivity contribution >= 4 is 69.6 Å². The Bertz CT molecular complexity index is 988. The van der Waals surface area contributed by atoms with Crippen LogP contribution in [-0.4, -0.2) is 24.1 Å². The summed E-state index contributed by atoms with van der Waals surface area (Å²) < 4.78 is 5.26. The SMILES string of the molecule is COc1c(Cl)cc(Cl)cc1/C=C1\SC(=NC(=O)c2ccc(Cl)cc2)NC1=O. The number of hydrogen-bond acceptors (Lipinski definition) is 4. The van der Waals surface area contributed by atoms with Gasteiger partial charge in [0.1, 0.15) is 5.75 Å². The van der Waals surface area contributed by atoms with Crippen molar-refractivity contribution in [2.45, 2.75) is 0 Å². The quantitative estimate of drug-likeness (QED) is 0.676. The van der Waals surface area contributed by atoms with Crippen LogP contribution >= 0.6 is 46.6 Å². The van der Waals surface area contributed by atoms with Crippen molar-refractivity contribution in [2.75, 3.05) is 7.11 Å². The van der Waals surface area contributed by atoms with Crippen molar-refractivity contribution in [3.05, 3.63) is 67.5 Å². The molecule has 0 unspecified atom stereocenters. The molecule has 138 valence electrons. The van der Waals surface area contributed by atoms with Crippen molar-refractivity contribution in [2.24, 2.45) is 4.99 Å². The largest absolute Gasteiger partial charge is 0.495 e. The Hall–Kier alpha value is -1.99. The van der Waals surface area contributed by atoms with Gasteiger partial charge in [-0.05, 0) is 54.2 Å². The van der Waals surface area contributed by atoms with Crippen molar-refractivity contribution in [1.29, 1.82) is 0 Å². The zero-order valence-electron chi connectivity index (χ0n) is 13.8. The third-order valence-corrected chi connectivity index (χ3v) is 5.13. The lowest BCUT2D eigenvalue weighted by Gasteiger charge is -2.08. The molecule has 1 aliphatic rings. The van der Waals surface area contributed by atoms with Gasteiger partial charge in [-0.1, -0.05) is 34.8 Å². The second-order valence-electron chi connectivity index (χ2n) is 5.30. The first-order valence-corrected chi connectivity index (χ1v) is 9.45. The number of methoxy groups -OCH3 is 1. The number of benzene rings is 2. The average molecular weight is 442 g/mol.